The summed E-state index contributed by atoms with van der Waals surface area (Å²) in [6.45, 7) is 4.36. The summed E-state index contributed by atoms with van der Waals surface area (Å²) in [4.78, 5) is 35.9. The molecule has 0 unspecified atom stereocenters. The van der Waals surface area contributed by atoms with Gasteiger partial charge in [0.05, 0.1) is 0 Å². The molecule has 1 rings (SSSR count). The first-order chi connectivity index (χ1) is 9.30. The van der Waals surface area contributed by atoms with Gasteiger partial charge < -0.3 is 15.4 Å². The third-order valence-corrected chi connectivity index (χ3v) is 3.12. The lowest BCUT2D eigenvalue weighted by molar-refractivity contribution is -0.137. The molecule has 0 atom stereocenters. The van der Waals surface area contributed by atoms with E-state index in [4.69, 9.17) is 5.11 Å². The Bertz CT molecular complexity index is 534. The molecule has 1 heterocycles. The third-order valence-electron chi connectivity index (χ3n) is 3.12. The van der Waals surface area contributed by atoms with Crippen molar-refractivity contribution < 1.29 is 14.7 Å². The summed E-state index contributed by atoms with van der Waals surface area (Å²) in [5.74, 6) is -1.15. The normalized spacial score (nSPS) is 11.1. The Morgan fingerprint density at radius 2 is 2.00 bits per heavy atom. The monoisotopic (exact) mass is 280 g/mol. The highest BCUT2D eigenvalue weighted by Crippen LogP contribution is 2.25. The second-order valence-corrected chi connectivity index (χ2v) is 5.49. The van der Waals surface area contributed by atoms with Gasteiger partial charge in [-0.3, -0.25) is 14.4 Å². The molecule has 0 spiro atoms. The summed E-state index contributed by atoms with van der Waals surface area (Å²) < 4.78 is 0. The molecule has 0 aromatic carbocycles. The highest BCUT2D eigenvalue weighted by Gasteiger charge is 2.19. The summed E-state index contributed by atoms with van der Waals surface area (Å²) in [5.41, 5.74) is -0.254. The van der Waals surface area contributed by atoms with Gasteiger partial charge in [-0.2, -0.15) is 0 Å². The van der Waals surface area contributed by atoms with Gasteiger partial charge in [-0.05, 0) is 24.3 Å². The van der Waals surface area contributed by atoms with Crippen molar-refractivity contribution >= 4 is 11.9 Å². The minimum absolute atomic E-state index is 0.118. The van der Waals surface area contributed by atoms with Crippen LogP contribution >= 0.6 is 0 Å². The average Bonchev–Trinajstić information content (AvgIpc) is 2.36. The van der Waals surface area contributed by atoms with E-state index in [1.807, 2.05) is 13.8 Å². The first kappa shape index (κ1) is 15.9. The van der Waals surface area contributed by atoms with E-state index in [1.165, 1.54) is 18.2 Å². The zero-order valence-electron chi connectivity index (χ0n) is 11.7. The Morgan fingerprint density at radius 3 is 2.60 bits per heavy atom. The molecule has 6 nitrogen and oxygen atoms in total. The van der Waals surface area contributed by atoms with Gasteiger partial charge in [0.15, 0.2) is 0 Å². The maximum absolute atomic E-state index is 11.8. The molecule has 0 aliphatic rings. The number of aromatic amines is 1. The van der Waals surface area contributed by atoms with Gasteiger partial charge in [-0.15, -0.1) is 0 Å². The number of carbonyl (C=O) groups is 2. The number of aromatic nitrogens is 1. The van der Waals surface area contributed by atoms with E-state index >= 15 is 0 Å². The number of carboxylic acids is 1. The van der Waals surface area contributed by atoms with Gasteiger partial charge in [0.1, 0.15) is 5.69 Å². The molecule has 1 aromatic heterocycles. The molecule has 6 heteroatoms. The molecule has 0 radical (unpaired) electrons. The van der Waals surface area contributed by atoms with Crippen molar-refractivity contribution in [1.29, 1.82) is 0 Å². The molecular weight excluding hydrogens is 260 g/mol. The number of nitrogens with one attached hydrogen (secondary N) is 2. The number of hydrogen-bond acceptors (Lipinski definition) is 3. The summed E-state index contributed by atoms with van der Waals surface area (Å²) in [5, 5.41) is 11.4. The Morgan fingerprint density at radius 1 is 1.30 bits per heavy atom. The number of hydrogen-bond donors (Lipinski definition) is 3. The quantitative estimate of drug-likeness (QED) is 0.702. The topological polar surface area (TPSA) is 99.3 Å². The maximum atomic E-state index is 11.8. The fraction of sp³-hybridized carbons (Fsp3) is 0.500. The van der Waals surface area contributed by atoms with Crippen LogP contribution in [0.15, 0.2) is 23.0 Å². The summed E-state index contributed by atoms with van der Waals surface area (Å²) in [7, 11) is 0. The van der Waals surface area contributed by atoms with Crippen LogP contribution in [0.2, 0.25) is 0 Å². The van der Waals surface area contributed by atoms with E-state index in [9.17, 15) is 14.4 Å². The van der Waals surface area contributed by atoms with Crippen LogP contribution in [0.4, 0.5) is 0 Å². The number of carbonyl (C=O) groups excluding carboxylic acids is 1. The zero-order chi connectivity index (χ0) is 15.2. The number of amides is 1. The largest absolute Gasteiger partial charge is 0.481 e. The van der Waals surface area contributed by atoms with Crippen LogP contribution in [-0.4, -0.2) is 28.5 Å². The van der Waals surface area contributed by atoms with E-state index in [-0.39, 0.29) is 29.0 Å². The second-order valence-electron chi connectivity index (χ2n) is 5.49. The van der Waals surface area contributed by atoms with E-state index in [2.05, 4.69) is 10.3 Å². The van der Waals surface area contributed by atoms with Crippen molar-refractivity contribution in [1.82, 2.24) is 10.3 Å². The Hall–Kier alpha value is -2.11. The van der Waals surface area contributed by atoms with Gasteiger partial charge >= 0.3 is 5.97 Å². The first-order valence-electron chi connectivity index (χ1n) is 6.49. The number of H-pyrrole nitrogens is 1. The van der Waals surface area contributed by atoms with E-state index < -0.39 is 5.97 Å². The predicted molar refractivity (Wildman–Crippen MR) is 74.7 cm³/mol. The van der Waals surface area contributed by atoms with Crippen molar-refractivity contribution in [3.05, 3.63) is 34.2 Å². The molecule has 1 aromatic rings. The van der Waals surface area contributed by atoms with Gasteiger partial charge in [-0.1, -0.05) is 19.9 Å². The van der Waals surface area contributed by atoms with Gasteiger partial charge in [-0.25, -0.2) is 0 Å². The molecule has 0 aliphatic heterocycles. The molecule has 0 aliphatic carbocycles. The molecule has 3 N–H and O–H groups in total. The molecule has 0 fully saturated rings. The van der Waals surface area contributed by atoms with Crippen LogP contribution in [0.5, 0.6) is 0 Å². The minimum atomic E-state index is -0.816. The van der Waals surface area contributed by atoms with Crippen LogP contribution in [0.3, 0.4) is 0 Å². The van der Waals surface area contributed by atoms with Crippen molar-refractivity contribution in [3.8, 4) is 0 Å². The fourth-order valence-electron chi connectivity index (χ4n) is 1.76. The lowest BCUT2D eigenvalue weighted by Crippen LogP contribution is -2.30. The molecule has 0 bridgehead atoms. The lowest BCUT2D eigenvalue weighted by atomic mass is 9.84. The third kappa shape index (κ3) is 5.69. The van der Waals surface area contributed by atoms with Crippen molar-refractivity contribution in [2.45, 2.75) is 33.1 Å². The highest BCUT2D eigenvalue weighted by atomic mass is 16.4. The highest BCUT2D eigenvalue weighted by molar-refractivity contribution is 5.92. The standard InChI is InChI=1S/C14H20N2O4/c1-14(2,7-6-12(18)19)8-9-15-13(20)10-4-3-5-11(17)16-10/h3-5H,6-9H2,1-2H3,(H,15,20)(H,16,17)(H,18,19). The Kier molecular flexibility index (Phi) is 5.49. The average molecular weight is 280 g/mol. The number of pyridine rings is 1. The predicted octanol–water partition coefficient (Wildman–Crippen LogP) is 1.39. The smallest absolute Gasteiger partial charge is 0.303 e. The van der Waals surface area contributed by atoms with Gasteiger partial charge in [0.2, 0.25) is 5.56 Å². The SMILES string of the molecule is CC(C)(CCNC(=O)c1cccc(=O)[nH]1)CCC(=O)O. The van der Waals surface area contributed by atoms with Crippen molar-refractivity contribution in [2.75, 3.05) is 6.54 Å². The molecule has 0 saturated carbocycles. The van der Waals surface area contributed by atoms with E-state index in [0.29, 0.717) is 19.4 Å². The fourth-order valence-corrected chi connectivity index (χ4v) is 1.76. The molecule has 110 valence electrons. The maximum Gasteiger partial charge on any atom is 0.303 e. The number of rotatable bonds is 7. The van der Waals surface area contributed by atoms with Crippen molar-refractivity contribution in [2.24, 2.45) is 5.41 Å². The summed E-state index contributed by atoms with van der Waals surface area (Å²) in [6, 6.07) is 4.39. The Balaban J connectivity index is 2.42. The van der Waals surface area contributed by atoms with E-state index in [1.54, 1.807) is 0 Å². The van der Waals surface area contributed by atoms with Crippen LogP contribution < -0.4 is 10.9 Å². The second kappa shape index (κ2) is 6.88. The molecule has 0 saturated heterocycles. The first-order valence-corrected chi connectivity index (χ1v) is 6.49. The van der Waals surface area contributed by atoms with Crippen LogP contribution in [0.25, 0.3) is 0 Å². The number of carboxylic acid groups (broad SMARTS) is 1. The molecular formula is C14H20N2O4. The molecule has 1 amide bonds. The Labute approximate surface area is 117 Å². The van der Waals surface area contributed by atoms with Crippen molar-refractivity contribution in [3.63, 3.8) is 0 Å². The van der Waals surface area contributed by atoms with Gasteiger partial charge in [0, 0.05) is 19.0 Å². The minimum Gasteiger partial charge on any atom is -0.481 e. The number of aliphatic carboxylic acids is 1. The zero-order valence-corrected chi connectivity index (χ0v) is 11.7. The summed E-state index contributed by atoms with van der Waals surface area (Å²) >= 11 is 0. The van der Waals surface area contributed by atoms with Crippen LogP contribution in [0.1, 0.15) is 43.6 Å². The molecule has 20 heavy (non-hydrogen) atoms. The lowest BCUT2D eigenvalue weighted by Gasteiger charge is -2.23. The van der Waals surface area contributed by atoms with Crippen LogP contribution in [-0.2, 0) is 4.79 Å². The van der Waals surface area contributed by atoms with Gasteiger partial charge in [0.25, 0.3) is 5.91 Å². The van der Waals surface area contributed by atoms with E-state index in [0.717, 1.165) is 0 Å². The van der Waals surface area contributed by atoms with Crippen LogP contribution in [0, 0.1) is 5.41 Å². The summed E-state index contributed by atoms with van der Waals surface area (Å²) in [6.07, 6.45) is 1.34.